The number of amides is 2. The molecule has 0 bridgehead atoms. The Morgan fingerprint density at radius 1 is 1.14 bits per heavy atom. The molecule has 9 heteroatoms. The van der Waals surface area contributed by atoms with E-state index in [9.17, 15) is 18.0 Å². The van der Waals surface area contributed by atoms with Gasteiger partial charge in [-0.2, -0.15) is 4.72 Å². The average Bonchev–Trinajstić information content (AvgIpc) is 3.50. The molecule has 0 aromatic heterocycles. The fraction of sp³-hybridized carbons (Fsp3) is 0.368. The number of primary amides is 1. The Morgan fingerprint density at radius 3 is 2.43 bits per heavy atom. The molecule has 5 N–H and O–H groups in total. The summed E-state index contributed by atoms with van der Waals surface area (Å²) in [4.78, 5) is 24.5. The number of sulfonamides is 1. The van der Waals surface area contributed by atoms with Crippen LogP contribution in [0.4, 0.5) is 0 Å². The highest BCUT2D eigenvalue weighted by Gasteiger charge is 2.53. The highest BCUT2D eigenvalue weighted by atomic mass is 32.2. The summed E-state index contributed by atoms with van der Waals surface area (Å²) < 4.78 is 28.5. The molecule has 2 aromatic carbocycles. The fourth-order valence-corrected chi connectivity index (χ4v) is 4.79. The van der Waals surface area contributed by atoms with Crippen LogP contribution in [0.25, 0.3) is 10.8 Å². The van der Waals surface area contributed by atoms with Crippen molar-refractivity contribution in [3.63, 3.8) is 0 Å². The summed E-state index contributed by atoms with van der Waals surface area (Å²) in [6.07, 6.45) is 0.771. The van der Waals surface area contributed by atoms with Crippen molar-refractivity contribution in [3.8, 4) is 0 Å². The Kier molecular flexibility index (Phi) is 5.69. The van der Waals surface area contributed by atoms with E-state index in [0.717, 1.165) is 10.8 Å². The summed E-state index contributed by atoms with van der Waals surface area (Å²) in [5, 5.41) is 12.9. The predicted octanol–water partition coefficient (Wildman–Crippen LogP) is 0.251. The zero-order valence-corrected chi connectivity index (χ0v) is 16.0. The van der Waals surface area contributed by atoms with Crippen LogP contribution in [0.5, 0.6) is 0 Å². The lowest BCUT2D eigenvalue weighted by atomic mass is 9.89. The van der Waals surface area contributed by atoms with Crippen LogP contribution in [-0.4, -0.2) is 44.0 Å². The number of nitrogens with two attached hydrogens (primary N) is 1. The van der Waals surface area contributed by atoms with Crippen molar-refractivity contribution >= 4 is 32.6 Å². The van der Waals surface area contributed by atoms with Gasteiger partial charge in [0.15, 0.2) is 0 Å². The van der Waals surface area contributed by atoms with Crippen LogP contribution in [0.15, 0.2) is 47.4 Å². The minimum absolute atomic E-state index is 0.00626. The van der Waals surface area contributed by atoms with Crippen LogP contribution in [0.2, 0.25) is 0 Å². The molecule has 0 spiro atoms. The molecule has 1 aliphatic carbocycles. The zero-order valence-electron chi connectivity index (χ0n) is 15.2. The summed E-state index contributed by atoms with van der Waals surface area (Å²) in [6, 6.07) is 12.0. The molecule has 0 heterocycles. The van der Waals surface area contributed by atoms with Crippen molar-refractivity contribution in [1.82, 2.24) is 10.0 Å². The number of fused-ring (bicyclic) bond motifs is 1. The summed E-state index contributed by atoms with van der Waals surface area (Å²) in [5.41, 5.74) is 3.87. The van der Waals surface area contributed by atoms with E-state index in [1.807, 2.05) is 12.1 Å². The van der Waals surface area contributed by atoms with Gasteiger partial charge in [0.1, 0.15) is 5.54 Å². The molecule has 0 aliphatic heterocycles. The van der Waals surface area contributed by atoms with Crippen LogP contribution in [0.3, 0.4) is 0 Å². The van der Waals surface area contributed by atoms with Gasteiger partial charge in [-0.1, -0.05) is 30.3 Å². The minimum Gasteiger partial charge on any atom is -0.395 e. The Labute approximate surface area is 163 Å². The lowest BCUT2D eigenvalue weighted by Crippen LogP contribution is -2.61. The molecule has 1 aliphatic rings. The quantitative estimate of drug-likeness (QED) is 0.474. The van der Waals surface area contributed by atoms with E-state index in [-0.39, 0.29) is 24.0 Å². The fourth-order valence-electron chi connectivity index (χ4n) is 3.32. The van der Waals surface area contributed by atoms with Gasteiger partial charge in [0.05, 0.1) is 17.9 Å². The van der Waals surface area contributed by atoms with Crippen LogP contribution in [0, 0.1) is 5.92 Å². The van der Waals surface area contributed by atoms with Gasteiger partial charge in [-0.05, 0) is 41.7 Å². The number of benzene rings is 2. The first-order valence-corrected chi connectivity index (χ1v) is 10.5. The molecule has 1 saturated carbocycles. The molecule has 3 rings (SSSR count). The number of carbonyl (C=O) groups excluding carboxylic acids is 2. The predicted molar refractivity (Wildman–Crippen MR) is 104 cm³/mol. The third kappa shape index (κ3) is 4.16. The zero-order chi connectivity index (χ0) is 20.4. The summed E-state index contributed by atoms with van der Waals surface area (Å²) in [5.74, 6) is -1.79. The van der Waals surface area contributed by atoms with Gasteiger partial charge in [0.25, 0.3) is 0 Å². The van der Waals surface area contributed by atoms with Crippen molar-refractivity contribution in [2.75, 3.05) is 13.2 Å². The lowest BCUT2D eigenvalue weighted by molar-refractivity contribution is -0.131. The van der Waals surface area contributed by atoms with Crippen LogP contribution < -0.4 is 15.8 Å². The third-order valence-corrected chi connectivity index (χ3v) is 6.44. The van der Waals surface area contributed by atoms with Gasteiger partial charge in [-0.15, -0.1) is 0 Å². The topological polar surface area (TPSA) is 139 Å². The number of aliphatic hydroxyl groups excluding tert-OH is 1. The van der Waals surface area contributed by atoms with E-state index in [2.05, 4.69) is 10.0 Å². The molecule has 0 saturated heterocycles. The molecule has 28 heavy (non-hydrogen) atoms. The second-order valence-electron chi connectivity index (χ2n) is 6.97. The largest absolute Gasteiger partial charge is 0.395 e. The normalized spacial score (nSPS) is 16.5. The van der Waals surface area contributed by atoms with Crippen LogP contribution >= 0.6 is 0 Å². The Morgan fingerprint density at radius 2 is 1.82 bits per heavy atom. The van der Waals surface area contributed by atoms with Crippen LogP contribution in [-0.2, 0) is 19.6 Å². The van der Waals surface area contributed by atoms with Crippen molar-refractivity contribution < 1.29 is 23.1 Å². The second-order valence-corrected chi connectivity index (χ2v) is 8.66. The highest BCUT2D eigenvalue weighted by molar-refractivity contribution is 7.89. The molecular weight excluding hydrogens is 382 g/mol. The summed E-state index contributed by atoms with van der Waals surface area (Å²) in [7, 11) is -4.11. The summed E-state index contributed by atoms with van der Waals surface area (Å²) in [6.45, 7) is -0.253. The lowest BCUT2D eigenvalue weighted by Gasteiger charge is -2.31. The van der Waals surface area contributed by atoms with Gasteiger partial charge in [-0.25, -0.2) is 8.42 Å². The van der Waals surface area contributed by atoms with Gasteiger partial charge in [0.2, 0.25) is 21.8 Å². The standard InChI is InChI=1S/C19H23N3O5S/c20-18(25)19(15-6-7-15,12-17(24)21-9-10-23)22-28(26,27)16-8-5-13-3-1-2-4-14(13)11-16/h1-5,8,11,15,22-23H,6-7,9-10,12H2,(H2,20,25)(H,21,24). The molecule has 2 aromatic rings. The van der Waals surface area contributed by atoms with E-state index in [0.29, 0.717) is 12.8 Å². The number of hydrogen-bond donors (Lipinski definition) is 4. The maximum absolute atomic E-state index is 13.0. The molecule has 1 fully saturated rings. The maximum atomic E-state index is 13.0. The summed E-state index contributed by atoms with van der Waals surface area (Å²) >= 11 is 0. The number of rotatable bonds is 9. The molecule has 1 unspecified atom stereocenters. The smallest absolute Gasteiger partial charge is 0.241 e. The molecule has 8 nitrogen and oxygen atoms in total. The van der Waals surface area contributed by atoms with Gasteiger partial charge >= 0.3 is 0 Å². The molecule has 1 atom stereocenters. The van der Waals surface area contributed by atoms with E-state index in [1.54, 1.807) is 18.2 Å². The first kappa shape index (κ1) is 20.2. The molecule has 150 valence electrons. The van der Waals surface area contributed by atoms with Crippen molar-refractivity contribution in [2.24, 2.45) is 11.7 Å². The number of hydrogen-bond acceptors (Lipinski definition) is 5. The monoisotopic (exact) mass is 405 g/mol. The number of nitrogens with one attached hydrogen (secondary N) is 2. The van der Waals surface area contributed by atoms with E-state index in [1.165, 1.54) is 12.1 Å². The highest BCUT2D eigenvalue weighted by Crippen LogP contribution is 2.42. The van der Waals surface area contributed by atoms with Crippen LogP contribution in [0.1, 0.15) is 19.3 Å². The SMILES string of the molecule is NC(=O)C(CC(=O)NCCO)(NS(=O)(=O)c1ccc2ccccc2c1)C1CC1. The van der Waals surface area contributed by atoms with Gasteiger partial charge in [-0.3, -0.25) is 9.59 Å². The Bertz CT molecular complexity index is 1000. The van der Waals surface area contributed by atoms with E-state index in [4.69, 9.17) is 10.8 Å². The van der Waals surface area contributed by atoms with Crippen molar-refractivity contribution in [3.05, 3.63) is 42.5 Å². The van der Waals surface area contributed by atoms with E-state index < -0.39 is 33.8 Å². The number of carbonyl (C=O) groups is 2. The molecule has 2 amide bonds. The van der Waals surface area contributed by atoms with Gasteiger partial charge in [0, 0.05) is 6.54 Å². The second kappa shape index (κ2) is 7.86. The Hall–Kier alpha value is -2.49. The number of aliphatic hydroxyl groups is 1. The maximum Gasteiger partial charge on any atom is 0.241 e. The molecular formula is C19H23N3O5S. The van der Waals surface area contributed by atoms with Crippen molar-refractivity contribution in [2.45, 2.75) is 29.7 Å². The first-order chi connectivity index (χ1) is 13.3. The minimum atomic E-state index is -4.11. The first-order valence-electron chi connectivity index (χ1n) is 8.99. The molecule has 0 radical (unpaired) electrons. The third-order valence-electron chi connectivity index (χ3n) is 4.94. The van der Waals surface area contributed by atoms with E-state index >= 15 is 0 Å². The van der Waals surface area contributed by atoms with Gasteiger partial charge < -0.3 is 16.2 Å². The van der Waals surface area contributed by atoms with Crippen molar-refractivity contribution in [1.29, 1.82) is 0 Å². The Balaban J connectivity index is 1.94. The average molecular weight is 405 g/mol.